The summed E-state index contributed by atoms with van der Waals surface area (Å²) >= 11 is 1.43. The Morgan fingerprint density at radius 3 is 2.78 bits per heavy atom. The van der Waals surface area contributed by atoms with E-state index >= 15 is 0 Å². The maximum Gasteiger partial charge on any atom is 0.220 e. The van der Waals surface area contributed by atoms with Crippen molar-refractivity contribution in [1.29, 1.82) is 0 Å². The topological polar surface area (TPSA) is 91.7 Å². The lowest BCUT2D eigenvalue weighted by atomic mass is 10.1. The van der Waals surface area contributed by atoms with Crippen molar-refractivity contribution in [3.63, 3.8) is 0 Å². The van der Waals surface area contributed by atoms with Gasteiger partial charge in [0.2, 0.25) is 5.91 Å². The average molecular weight is 384 g/mol. The van der Waals surface area contributed by atoms with Gasteiger partial charge in [0, 0.05) is 17.4 Å². The summed E-state index contributed by atoms with van der Waals surface area (Å²) in [6, 6.07) is 12.2. The van der Waals surface area contributed by atoms with Gasteiger partial charge in [0.05, 0.1) is 19.3 Å². The van der Waals surface area contributed by atoms with Gasteiger partial charge in [-0.15, -0.1) is 11.3 Å². The van der Waals surface area contributed by atoms with E-state index in [1.54, 1.807) is 13.2 Å². The van der Waals surface area contributed by atoms with Crippen molar-refractivity contribution in [3.8, 4) is 28.5 Å². The van der Waals surface area contributed by atoms with Gasteiger partial charge in [-0.05, 0) is 36.2 Å². The van der Waals surface area contributed by atoms with Crippen LogP contribution in [-0.2, 0) is 17.8 Å². The Morgan fingerprint density at radius 2 is 2.00 bits per heavy atom. The minimum absolute atomic E-state index is 0.0556. The number of ether oxygens (including phenoxy) is 1. The van der Waals surface area contributed by atoms with Crippen molar-refractivity contribution in [1.82, 2.24) is 10.3 Å². The molecular weight excluding hydrogens is 364 g/mol. The first-order valence-electron chi connectivity index (χ1n) is 8.42. The lowest BCUT2D eigenvalue weighted by Crippen LogP contribution is -2.23. The van der Waals surface area contributed by atoms with Crippen LogP contribution in [0.4, 0.5) is 0 Å². The van der Waals surface area contributed by atoms with Crippen LogP contribution in [0.15, 0.2) is 47.8 Å². The second-order valence-corrected chi connectivity index (χ2v) is 6.86. The molecule has 3 aromatic rings. The highest BCUT2D eigenvalue weighted by Gasteiger charge is 2.10. The van der Waals surface area contributed by atoms with Gasteiger partial charge < -0.3 is 20.3 Å². The monoisotopic (exact) mass is 384 g/mol. The van der Waals surface area contributed by atoms with Gasteiger partial charge in [0.25, 0.3) is 0 Å². The predicted octanol–water partition coefficient (Wildman–Crippen LogP) is 3.48. The molecule has 27 heavy (non-hydrogen) atoms. The van der Waals surface area contributed by atoms with Crippen molar-refractivity contribution in [2.45, 2.75) is 19.4 Å². The van der Waals surface area contributed by atoms with E-state index in [0.29, 0.717) is 30.6 Å². The fourth-order valence-corrected chi connectivity index (χ4v) is 3.37. The molecule has 2 aromatic carbocycles. The highest BCUT2D eigenvalue weighted by molar-refractivity contribution is 7.09. The maximum absolute atomic E-state index is 12.1. The normalized spacial score (nSPS) is 10.6. The van der Waals surface area contributed by atoms with E-state index in [2.05, 4.69) is 10.3 Å². The molecule has 0 fully saturated rings. The fourth-order valence-electron chi connectivity index (χ4n) is 2.63. The molecule has 0 unspecified atom stereocenters. The van der Waals surface area contributed by atoms with Crippen molar-refractivity contribution in [3.05, 3.63) is 58.4 Å². The van der Waals surface area contributed by atoms with Gasteiger partial charge in [-0.25, -0.2) is 4.98 Å². The van der Waals surface area contributed by atoms with Crippen molar-refractivity contribution < 1.29 is 19.7 Å². The molecule has 0 aliphatic carbocycles. The van der Waals surface area contributed by atoms with Crippen LogP contribution < -0.4 is 10.1 Å². The second kappa shape index (κ2) is 8.55. The second-order valence-electron chi connectivity index (χ2n) is 5.92. The maximum atomic E-state index is 12.1. The number of nitrogens with zero attached hydrogens (tertiary/aromatic N) is 1. The zero-order valence-corrected chi connectivity index (χ0v) is 15.6. The Morgan fingerprint density at radius 1 is 1.19 bits per heavy atom. The molecule has 3 rings (SSSR count). The summed E-state index contributed by atoms with van der Waals surface area (Å²) < 4.78 is 5.29. The smallest absolute Gasteiger partial charge is 0.220 e. The molecule has 0 atom stereocenters. The van der Waals surface area contributed by atoms with Crippen LogP contribution in [0.2, 0.25) is 0 Å². The molecule has 0 aliphatic rings. The Labute approximate surface area is 161 Å². The molecule has 0 saturated heterocycles. The van der Waals surface area contributed by atoms with Crippen LogP contribution in [0.1, 0.15) is 17.0 Å². The number of rotatable bonds is 7. The SMILES string of the molecule is COc1ccccc1CCC(=O)NCc1nc(-c2ccc(O)c(O)c2)cs1. The highest BCUT2D eigenvalue weighted by Crippen LogP contribution is 2.31. The van der Waals surface area contributed by atoms with E-state index in [1.165, 1.54) is 23.5 Å². The molecule has 1 heterocycles. The summed E-state index contributed by atoms with van der Waals surface area (Å²) in [6.45, 7) is 0.347. The van der Waals surface area contributed by atoms with E-state index in [1.807, 2.05) is 29.6 Å². The van der Waals surface area contributed by atoms with Crippen molar-refractivity contribution in [2.75, 3.05) is 7.11 Å². The Kier molecular flexibility index (Phi) is 5.93. The summed E-state index contributed by atoms with van der Waals surface area (Å²) in [7, 11) is 1.62. The van der Waals surface area contributed by atoms with Crippen LogP contribution >= 0.6 is 11.3 Å². The number of aromatic hydroxyl groups is 2. The van der Waals surface area contributed by atoms with Gasteiger partial charge in [-0.2, -0.15) is 0 Å². The number of methoxy groups -OCH3 is 1. The number of phenols is 2. The van der Waals surface area contributed by atoms with E-state index in [0.717, 1.165) is 16.3 Å². The van der Waals surface area contributed by atoms with Crippen LogP contribution in [0, 0.1) is 0 Å². The van der Waals surface area contributed by atoms with Crippen molar-refractivity contribution in [2.24, 2.45) is 0 Å². The van der Waals surface area contributed by atoms with Crippen LogP contribution in [0.25, 0.3) is 11.3 Å². The first-order chi connectivity index (χ1) is 13.1. The van der Waals surface area contributed by atoms with E-state index in [4.69, 9.17) is 4.74 Å². The minimum Gasteiger partial charge on any atom is -0.504 e. The number of hydrogen-bond donors (Lipinski definition) is 3. The largest absolute Gasteiger partial charge is 0.504 e. The predicted molar refractivity (Wildman–Crippen MR) is 104 cm³/mol. The number of carbonyl (C=O) groups excluding carboxylic acids is 1. The van der Waals surface area contributed by atoms with Gasteiger partial charge in [0.15, 0.2) is 11.5 Å². The molecule has 7 heteroatoms. The van der Waals surface area contributed by atoms with Crippen LogP contribution in [0.3, 0.4) is 0 Å². The molecule has 1 aromatic heterocycles. The van der Waals surface area contributed by atoms with Gasteiger partial charge in [-0.3, -0.25) is 4.79 Å². The number of nitrogens with one attached hydrogen (secondary N) is 1. The summed E-state index contributed by atoms with van der Waals surface area (Å²) in [6.07, 6.45) is 0.968. The minimum atomic E-state index is -0.188. The van der Waals surface area contributed by atoms with Gasteiger partial charge in [0.1, 0.15) is 10.8 Å². The number of aromatic nitrogens is 1. The molecule has 1 amide bonds. The molecule has 140 valence electrons. The number of thiazole rings is 1. The first-order valence-corrected chi connectivity index (χ1v) is 9.30. The van der Waals surface area contributed by atoms with E-state index < -0.39 is 0 Å². The van der Waals surface area contributed by atoms with E-state index in [-0.39, 0.29) is 17.4 Å². The standard InChI is InChI=1S/C20H20N2O4S/c1-26-18-5-3-2-4-13(18)7-9-19(25)21-11-20-22-15(12-27-20)14-6-8-16(23)17(24)10-14/h2-6,8,10,12,23-24H,7,9,11H2,1H3,(H,21,25). The number of aryl methyl sites for hydroxylation is 1. The summed E-state index contributed by atoms with van der Waals surface area (Å²) in [5.41, 5.74) is 2.39. The molecule has 0 bridgehead atoms. The number of carbonyl (C=O) groups is 1. The third-order valence-electron chi connectivity index (χ3n) is 4.07. The quantitative estimate of drug-likeness (QED) is 0.543. The fraction of sp³-hybridized carbons (Fsp3) is 0.200. The zero-order valence-electron chi connectivity index (χ0n) is 14.8. The van der Waals surface area contributed by atoms with Crippen LogP contribution in [0.5, 0.6) is 17.2 Å². The molecule has 6 nitrogen and oxygen atoms in total. The lowest BCUT2D eigenvalue weighted by Gasteiger charge is -2.08. The molecule has 0 radical (unpaired) electrons. The Bertz CT molecular complexity index is 939. The molecule has 0 saturated carbocycles. The third-order valence-corrected chi connectivity index (χ3v) is 4.92. The number of phenolic OH excluding ortho intramolecular Hbond substituents is 2. The average Bonchev–Trinajstić information content (AvgIpc) is 3.16. The van der Waals surface area contributed by atoms with Crippen LogP contribution in [-0.4, -0.2) is 28.2 Å². The number of amides is 1. The molecule has 0 aliphatic heterocycles. The zero-order chi connectivity index (χ0) is 19.2. The summed E-state index contributed by atoms with van der Waals surface area (Å²) in [5.74, 6) is 0.371. The summed E-state index contributed by atoms with van der Waals surface area (Å²) in [5, 5.41) is 24.5. The first kappa shape index (κ1) is 18.7. The molecule has 0 spiro atoms. The number of hydrogen-bond acceptors (Lipinski definition) is 6. The Balaban J connectivity index is 1.53. The number of benzene rings is 2. The highest BCUT2D eigenvalue weighted by atomic mass is 32.1. The third kappa shape index (κ3) is 4.77. The van der Waals surface area contributed by atoms with Gasteiger partial charge >= 0.3 is 0 Å². The van der Waals surface area contributed by atoms with E-state index in [9.17, 15) is 15.0 Å². The van der Waals surface area contributed by atoms with Crippen molar-refractivity contribution >= 4 is 17.2 Å². The van der Waals surface area contributed by atoms with Gasteiger partial charge in [-0.1, -0.05) is 18.2 Å². The number of para-hydroxylation sites is 1. The Hall–Kier alpha value is -3.06. The lowest BCUT2D eigenvalue weighted by molar-refractivity contribution is -0.121. The molecular formula is C20H20N2O4S. The summed E-state index contributed by atoms with van der Waals surface area (Å²) in [4.78, 5) is 16.6. The molecule has 3 N–H and O–H groups in total.